The topological polar surface area (TPSA) is 75.3 Å². The fraction of sp³-hybridized carbons (Fsp3) is 0.364. The molecule has 2 N–H and O–H groups in total. The number of benzene rings is 2. The third-order valence-electron chi connectivity index (χ3n) is 5.25. The van der Waals surface area contributed by atoms with Crippen molar-refractivity contribution >= 4 is 34.0 Å². The van der Waals surface area contributed by atoms with Gasteiger partial charge in [-0.1, -0.05) is 51.1 Å². The van der Waals surface area contributed by atoms with Crippen molar-refractivity contribution in [1.82, 2.24) is 0 Å². The molecule has 0 spiro atoms. The quantitative estimate of drug-likeness (QED) is 0.765. The van der Waals surface area contributed by atoms with E-state index in [-0.39, 0.29) is 18.2 Å². The number of anilines is 2. The summed E-state index contributed by atoms with van der Waals surface area (Å²) < 4.78 is 12.8. The van der Waals surface area contributed by atoms with Crippen LogP contribution in [0.2, 0.25) is 0 Å². The van der Waals surface area contributed by atoms with Gasteiger partial charge in [-0.05, 0) is 42.0 Å². The van der Waals surface area contributed by atoms with E-state index in [1.165, 1.54) is 0 Å². The summed E-state index contributed by atoms with van der Waals surface area (Å²) in [6.07, 6.45) is 1.63. The van der Waals surface area contributed by atoms with Crippen molar-refractivity contribution in [2.45, 2.75) is 56.1 Å². The fourth-order valence-electron chi connectivity index (χ4n) is 3.43. The highest BCUT2D eigenvalue weighted by Gasteiger charge is 2.34. The molecule has 28 heavy (non-hydrogen) atoms. The first-order valence-electron chi connectivity index (χ1n) is 9.68. The van der Waals surface area contributed by atoms with Crippen LogP contribution in [0.15, 0.2) is 47.4 Å². The Kier molecular flexibility index (Phi) is 6.29. The molecule has 2 aromatic carbocycles. The molecule has 1 aliphatic rings. The highest BCUT2D eigenvalue weighted by Crippen LogP contribution is 2.32. The lowest BCUT2D eigenvalue weighted by Crippen LogP contribution is -2.39. The maximum Gasteiger partial charge on any atom is 0.241 e. The number of hydrogen-bond acceptors (Lipinski definition) is 3. The lowest BCUT2D eigenvalue weighted by molar-refractivity contribution is -0.120. The minimum atomic E-state index is -1.56. The number of carbonyl (C=O) groups is 2. The Labute approximate surface area is 168 Å². The number of aryl methyl sites for hydroxylation is 1. The first-order chi connectivity index (χ1) is 13.5. The predicted octanol–water partition coefficient (Wildman–Crippen LogP) is 4.22. The van der Waals surface area contributed by atoms with Gasteiger partial charge in [-0.25, -0.2) is 0 Å². The summed E-state index contributed by atoms with van der Waals surface area (Å²) in [5.41, 5.74) is 3.53. The molecule has 1 aliphatic heterocycles. The monoisotopic (exact) mass is 398 g/mol. The fourth-order valence-corrected chi connectivity index (χ4v) is 4.85. The first kappa shape index (κ1) is 20.3. The van der Waals surface area contributed by atoms with Crippen molar-refractivity contribution in [1.29, 1.82) is 0 Å². The molecule has 0 unspecified atom stereocenters. The average molecular weight is 399 g/mol. The van der Waals surface area contributed by atoms with Gasteiger partial charge >= 0.3 is 0 Å². The minimum absolute atomic E-state index is 0.120. The summed E-state index contributed by atoms with van der Waals surface area (Å²) in [5.74, 6) is -0.364. The number of rotatable bonds is 6. The molecule has 0 saturated heterocycles. The van der Waals surface area contributed by atoms with Crippen molar-refractivity contribution in [3.8, 4) is 0 Å². The number of nitrogens with one attached hydrogen (secondary N) is 2. The van der Waals surface area contributed by atoms with E-state index in [4.69, 9.17) is 0 Å². The summed E-state index contributed by atoms with van der Waals surface area (Å²) in [5, 5.41) is 4.87. The molecule has 0 bridgehead atoms. The van der Waals surface area contributed by atoms with Crippen LogP contribution in [0.4, 0.5) is 11.4 Å². The molecule has 3 rings (SSSR count). The molecule has 0 radical (unpaired) electrons. The molecule has 2 amide bonds. The SMILES string of the molecule is CCc1cccc([C@@H](C)CC)c1NC(=O)C[C@@H]1C(=O)Nc2ccccc2[S@@]1=O. The molecule has 148 valence electrons. The lowest BCUT2D eigenvalue weighted by atomic mass is 9.93. The normalized spacial score (nSPS) is 19.5. The summed E-state index contributed by atoms with van der Waals surface area (Å²) in [6.45, 7) is 6.29. The van der Waals surface area contributed by atoms with Gasteiger partial charge in [0.25, 0.3) is 0 Å². The molecule has 0 aromatic heterocycles. The van der Waals surface area contributed by atoms with E-state index in [2.05, 4.69) is 24.5 Å². The second-order valence-electron chi connectivity index (χ2n) is 7.07. The van der Waals surface area contributed by atoms with Crippen LogP contribution >= 0.6 is 0 Å². The Hall–Kier alpha value is -2.47. The summed E-state index contributed by atoms with van der Waals surface area (Å²) in [4.78, 5) is 25.8. The number of para-hydroxylation sites is 2. The largest absolute Gasteiger partial charge is 0.326 e. The lowest BCUT2D eigenvalue weighted by Gasteiger charge is -2.24. The maximum atomic E-state index is 12.8. The maximum absolute atomic E-state index is 12.8. The Balaban J connectivity index is 1.82. The molecule has 5 nitrogen and oxygen atoms in total. The molecular formula is C22H26N2O3S. The van der Waals surface area contributed by atoms with E-state index in [1.807, 2.05) is 25.1 Å². The van der Waals surface area contributed by atoms with Crippen LogP contribution in [0.5, 0.6) is 0 Å². The van der Waals surface area contributed by atoms with Gasteiger partial charge in [-0.2, -0.15) is 0 Å². The van der Waals surface area contributed by atoms with Gasteiger partial charge in [0.15, 0.2) is 0 Å². The Morgan fingerprint density at radius 1 is 1.18 bits per heavy atom. The number of fused-ring (bicyclic) bond motifs is 1. The van der Waals surface area contributed by atoms with E-state index in [1.54, 1.807) is 24.3 Å². The Bertz CT molecular complexity index is 926. The van der Waals surface area contributed by atoms with E-state index in [0.717, 1.165) is 29.7 Å². The molecule has 6 heteroatoms. The summed E-state index contributed by atoms with van der Waals surface area (Å²) in [7, 11) is -1.56. The molecule has 0 fully saturated rings. The average Bonchev–Trinajstić information content (AvgIpc) is 2.70. The van der Waals surface area contributed by atoms with Crippen molar-refractivity contribution in [2.75, 3.05) is 10.6 Å². The molecular weight excluding hydrogens is 372 g/mol. The molecule has 0 saturated carbocycles. The molecule has 0 aliphatic carbocycles. The van der Waals surface area contributed by atoms with Crippen molar-refractivity contribution in [2.24, 2.45) is 0 Å². The van der Waals surface area contributed by atoms with Crippen LogP contribution in [0.3, 0.4) is 0 Å². The van der Waals surface area contributed by atoms with Gasteiger partial charge < -0.3 is 10.6 Å². The molecule has 2 aromatic rings. The van der Waals surface area contributed by atoms with Gasteiger partial charge in [0.05, 0.1) is 27.8 Å². The predicted molar refractivity (Wildman–Crippen MR) is 113 cm³/mol. The van der Waals surface area contributed by atoms with Gasteiger partial charge in [0, 0.05) is 5.69 Å². The third kappa shape index (κ3) is 4.02. The second kappa shape index (κ2) is 8.69. The van der Waals surface area contributed by atoms with Crippen LogP contribution < -0.4 is 10.6 Å². The van der Waals surface area contributed by atoms with Crippen LogP contribution in [0.25, 0.3) is 0 Å². The molecule has 3 atom stereocenters. The first-order valence-corrected chi connectivity index (χ1v) is 10.9. The van der Waals surface area contributed by atoms with Crippen LogP contribution in [0, 0.1) is 0 Å². The van der Waals surface area contributed by atoms with E-state index < -0.39 is 16.0 Å². The second-order valence-corrected chi connectivity index (χ2v) is 8.67. The van der Waals surface area contributed by atoms with Gasteiger partial charge in [-0.3, -0.25) is 13.8 Å². The van der Waals surface area contributed by atoms with Crippen molar-refractivity contribution < 1.29 is 13.8 Å². The zero-order valence-corrected chi connectivity index (χ0v) is 17.3. The standard InChI is InChI=1S/C22H26N2O3S/c1-4-14(3)16-10-8-9-15(5-2)21(16)24-20(25)13-19-22(26)23-17-11-6-7-12-18(17)28(19)27/h6-12,14,19H,4-5,13H2,1-3H3,(H,23,26)(H,24,25)/t14-,19+,28-/m0/s1. The zero-order valence-electron chi connectivity index (χ0n) is 16.5. The minimum Gasteiger partial charge on any atom is -0.326 e. The zero-order chi connectivity index (χ0) is 20.3. The van der Waals surface area contributed by atoms with E-state index in [9.17, 15) is 13.8 Å². The van der Waals surface area contributed by atoms with Crippen LogP contribution in [0.1, 0.15) is 50.7 Å². The van der Waals surface area contributed by atoms with E-state index in [0.29, 0.717) is 16.5 Å². The van der Waals surface area contributed by atoms with E-state index >= 15 is 0 Å². The summed E-state index contributed by atoms with van der Waals surface area (Å²) in [6, 6.07) is 13.0. The van der Waals surface area contributed by atoms with Crippen LogP contribution in [-0.2, 0) is 26.8 Å². The third-order valence-corrected chi connectivity index (χ3v) is 6.94. The van der Waals surface area contributed by atoms with Crippen molar-refractivity contribution in [3.63, 3.8) is 0 Å². The number of amides is 2. The van der Waals surface area contributed by atoms with Crippen molar-refractivity contribution in [3.05, 3.63) is 53.6 Å². The highest BCUT2D eigenvalue weighted by molar-refractivity contribution is 7.86. The Morgan fingerprint density at radius 2 is 1.93 bits per heavy atom. The molecule has 1 heterocycles. The van der Waals surface area contributed by atoms with Gasteiger partial charge in [0.1, 0.15) is 5.25 Å². The Morgan fingerprint density at radius 3 is 2.64 bits per heavy atom. The van der Waals surface area contributed by atoms with Gasteiger partial charge in [0.2, 0.25) is 11.8 Å². The van der Waals surface area contributed by atoms with Crippen LogP contribution in [-0.4, -0.2) is 21.3 Å². The van der Waals surface area contributed by atoms with Gasteiger partial charge in [-0.15, -0.1) is 0 Å². The summed E-state index contributed by atoms with van der Waals surface area (Å²) >= 11 is 0. The smallest absolute Gasteiger partial charge is 0.241 e. The number of carbonyl (C=O) groups excluding carboxylic acids is 2. The highest BCUT2D eigenvalue weighted by atomic mass is 32.2. The number of hydrogen-bond donors (Lipinski definition) is 2.